The molecule has 0 heterocycles. The van der Waals surface area contributed by atoms with Gasteiger partial charge in [-0.25, -0.2) is 0 Å². The van der Waals surface area contributed by atoms with Gasteiger partial charge in [0.2, 0.25) is 0 Å². The standard InChI is InChI=1S/C31H63IO7Si2/c1-14-26(30(9,35)20-21-32)37-28(34)24(5)25(38-40(12,13)29(6,7)8)23-27(31(10,36-11)19-18-22-33)39-41(15-2,16-3)17-4/h20-21,24-27,33,35H,14-19,22-23H2,1-13H3/b21-20+/t24-,25+,26-,27-,30+,31-/m1/s1. The molecule has 2 N–H and O–H groups in total. The fourth-order valence-electron chi connectivity index (χ4n) is 4.92. The van der Waals surface area contributed by atoms with Crippen LogP contribution in [0.25, 0.3) is 0 Å². The number of rotatable bonds is 20. The quantitative estimate of drug-likeness (QED) is 0.0746. The van der Waals surface area contributed by atoms with Crippen molar-refractivity contribution in [3.63, 3.8) is 0 Å². The van der Waals surface area contributed by atoms with Crippen LogP contribution in [0.2, 0.25) is 36.3 Å². The van der Waals surface area contributed by atoms with E-state index in [9.17, 15) is 15.0 Å². The highest BCUT2D eigenvalue weighted by molar-refractivity contribution is 14.1. The van der Waals surface area contributed by atoms with Crippen molar-refractivity contribution >= 4 is 45.2 Å². The monoisotopic (exact) mass is 730 g/mol. The number of ether oxygens (including phenoxy) is 2. The fourth-order valence-corrected chi connectivity index (χ4v) is 10.0. The third-order valence-corrected chi connectivity index (χ3v) is 19.1. The summed E-state index contributed by atoms with van der Waals surface area (Å²) in [5, 5.41) is 20.6. The van der Waals surface area contributed by atoms with Crippen molar-refractivity contribution in [3.05, 3.63) is 10.2 Å². The maximum Gasteiger partial charge on any atom is 0.311 e. The van der Waals surface area contributed by atoms with Crippen molar-refractivity contribution in [1.82, 2.24) is 0 Å². The highest BCUT2D eigenvalue weighted by Gasteiger charge is 2.47. The van der Waals surface area contributed by atoms with Crippen LogP contribution in [0.15, 0.2) is 10.2 Å². The van der Waals surface area contributed by atoms with Crippen LogP contribution in [0.5, 0.6) is 0 Å². The van der Waals surface area contributed by atoms with Crippen LogP contribution in [-0.2, 0) is 23.1 Å². The Morgan fingerprint density at radius 3 is 1.90 bits per heavy atom. The summed E-state index contributed by atoms with van der Waals surface area (Å²) in [4.78, 5) is 13.7. The van der Waals surface area contributed by atoms with Crippen molar-refractivity contribution in [2.24, 2.45) is 5.92 Å². The molecule has 10 heteroatoms. The second-order valence-corrected chi connectivity index (χ2v) is 23.7. The molecule has 0 aliphatic heterocycles. The van der Waals surface area contributed by atoms with E-state index < -0.39 is 46.0 Å². The zero-order valence-corrected chi connectivity index (χ0v) is 32.6. The molecule has 0 aliphatic carbocycles. The molecule has 0 unspecified atom stereocenters. The van der Waals surface area contributed by atoms with Gasteiger partial charge in [-0.1, -0.05) is 71.1 Å². The van der Waals surface area contributed by atoms with Gasteiger partial charge in [-0.3, -0.25) is 4.79 Å². The maximum atomic E-state index is 13.7. The minimum absolute atomic E-state index is 0.0673. The third kappa shape index (κ3) is 11.9. The molecule has 0 radical (unpaired) electrons. The molecule has 0 rings (SSSR count). The van der Waals surface area contributed by atoms with Gasteiger partial charge >= 0.3 is 5.97 Å². The van der Waals surface area contributed by atoms with Gasteiger partial charge in [0.05, 0.1) is 23.7 Å². The maximum absolute atomic E-state index is 13.7. The molecule has 0 aromatic carbocycles. The van der Waals surface area contributed by atoms with Crippen LogP contribution in [-0.4, -0.2) is 76.0 Å². The molecular weight excluding hydrogens is 667 g/mol. The molecule has 244 valence electrons. The van der Waals surface area contributed by atoms with E-state index in [4.69, 9.17) is 18.3 Å². The average molecular weight is 731 g/mol. The summed E-state index contributed by atoms with van der Waals surface area (Å²) < 4.78 is 28.0. The van der Waals surface area contributed by atoms with Gasteiger partial charge in [-0.15, -0.1) is 0 Å². The van der Waals surface area contributed by atoms with Crippen LogP contribution in [0.3, 0.4) is 0 Å². The Bertz CT molecular complexity index is 788. The third-order valence-electron chi connectivity index (χ3n) is 9.61. The summed E-state index contributed by atoms with van der Waals surface area (Å²) in [5.41, 5.74) is -1.94. The Morgan fingerprint density at radius 1 is 0.976 bits per heavy atom. The molecule has 0 bridgehead atoms. The van der Waals surface area contributed by atoms with Crippen LogP contribution in [0.4, 0.5) is 0 Å². The second kappa shape index (κ2) is 17.6. The molecule has 0 aromatic heterocycles. The average Bonchev–Trinajstić information content (AvgIpc) is 2.90. The smallest absolute Gasteiger partial charge is 0.311 e. The number of methoxy groups -OCH3 is 1. The van der Waals surface area contributed by atoms with Crippen LogP contribution < -0.4 is 0 Å². The van der Waals surface area contributed by atoms with Gasteiger partial charge in [0.25, 0.3) is 0 Å². The summed E-state index contributed by atoms with van der Waals surface area (Å²) in [7, 11) is -2.69. The van der Waals surface area contributed by atoms with Gasteiger partial charge in [-0.2, -0.15) is 0 Å². The topological polar surface area (TPSA) is 94.5 Å². The Balaban J connectivity index is 6.75. The molecule has 6 atom stereocenters. The predicted octanol–water partition coefficient (Wildman–Crippen LogP) is 7.99. The Hall–Kier alpha value is 0.174. The lowest BCUT2D eigenvalue weighted by Gasteiger charge is -2.46. The second-order valence-electron chi connectivity index (χ2n) is 13.5. The summed E-state index contributed by atoms with van der Waals surface area (Å²) in [6.45, 7) is 25.2. The van der Waals surface area contributed by atoms with Crippen molar-refractivity contribution in [3.8, 4) is 0 Å². The van der Waals surface area contributed by atoms with Gasteiger partial charge in [-0.05, 0) is 86.5 Å². The van der Waals surface area contributed by atoms with E-state index in [0.717, 1.165) is 18.1 Å². The Labute approximate surface area is 267 Å². The lowest BCUT2D eigenvalue weighted by atomic mass is 9.87. The molecule has 0 aliphatic rings. The highest BCUT2D eigenvalue weighted by Crippen LogP contribution is 2.41. The first-order valence-electron chi connectivity index (χ1n) is 15.5. The van der Waals surface area contributed by atoms with E-state index in [0.29, 0.717) is 25.7 Å². The minimum atomic E-state index is -2.31. The SMILES string of the molecule is CC[C@@H](OC(=O)[C@H](C)[C@H](C[C@@H](O[Si](CC)(CC)CC)[C@@](C)(CCCO)OC)O[Si](C)(C)C(C)(C)C)[C@@](C)(O)/C=C/I. The van der Waals surface area contributed by atoms with Gasteiger partial charge < -0.3 is 28.5 Å². The number of carbonyl (C=O) groups is 1. The van der Waals surface area contributed by atoms with Gasteiger partial charge in [0, 0.05) is 20.1 Å². The molecule has 0 fully saturated rings. The summed E-state index contributed by atoms with van der Waals surface area (Å²) in [6.07, 6.45) is 2.33. The van der Waals surface area contributed by atoms with E-state index >= 15 is 0 Å². The van der Waals surface area contributed by atoms with Crippen molar-refractivity contribution < 1.29 is 33.3 Å². The molecule has 7 nitrogen and oxygen atoms in total. The summed E-state index contributed by atoms with van der Waals surface area (Å²) in [6, 6.07) is 2.96. The molecular formula is C31H63IO7Si2. The van der Waals surface area contributed by atoms with Crippen molar-refractivity contribution in [1.29, 1.82) is 0 Å². The number of aliphatic hydroxyl groups is 2. The zero-order valence-electron chi connectivity index (χ0n) is 28.4. The first-order chi connectivity index (χ1) is 18.8. The van der Waals surface area contributed by atoms with Gasteiger partial charge in [0.1, 0.15) is 11.7 Å². The molecule has 0 saturated heterocycles. The molecule has 41 heavy (non-hydrogen) atoms. The van der Waals surface area contributed by atoms with Crippen LogP contribution in [0.1, 0.15) is 94.9 Å². The first kappa shape index (κ1) is 41.2. The van der Waals surface area contributed by atoms with Crippen molar-refractivity contribution in [2.45, 2.75) is 161 Å². The normalized spacial score (nSPS) is 19.3. The number of aliphatic hydroxyl groups excluding tert-OH is 1. The number of hydrogen-bond acceptors (Lipinski definition) is 7. The molecule has 0 amide bonds. The fraction of sp³-hybridized carbons (Fsp3) is 0.903. The first-order valence-corrected chi connectivity index (χ1v) is 22.2. The van der Waals surface area contributed by atoms with Gasteiger partial charge in [0.15, 0.2) is 16.6 Å². The lowest BCUT2D eigenvalue weighted by molar-refractivity contribution is -0.169. The number of hydrogen-bond donors (Lipinski definition) is 2. The lowest BCUT2D eigenvalue weighted by Crippen LogP contribution is -2.54. The summed E-state index contributed by atoms with van der Waals surface area (Å²) in [5.74, 6) is -0.982. The molecule has 0 spiro atoms. The van der Waals surface area contributed by atoms with E-state index in [1.807, 2.05) is 13.8 Å². The van der Waals surface area contributed by atoms with E-state index in [1.54, 1.807) is 24.2 Å². The number of esters is 1. The zero-order chi connectivity index (χ0) is 32.3. The van der Waals surface area contributed by atoms with Crippen LogP contribution in [0, 0.1) is 5.92 Å². The largest absolute Gasteiger partial charge is 0.459 e. The number of halogens is 1. The predicted molar refractivity (Wildman–Crippen MR) is 184 cm³/mol. The summed E-state index contributed by atoms with van der Waals surface area (Å²) >= 11 is 2.06. The van der Waals surface area contributed by atoms with E-state index in [2.05, 4.69) is 84.2 Å². The van der Waals surface area contributed by atoms with E-state index in [-0.39, 0.29) is 23.7 Å². The molecule has 0 aromatic rings. The Morgan fingerprint density at radius 2 is 1.51 bits per heavy atom. The van der Waals surface area contributed by atoms with Crippen LogP contribution >= 0.6 is 22.6 Å². The highest BCUT2D eigenvalue weighted by atomic mass is 127. The van der Waals surface area contributed by atoms with E-state index in [1.165, 1.54) is 0 Å². The minimum Gasteiger partial charge on any atom is -0.459 e. The van der Waals surface area contributed by atoms with Crippen molar-refractivity contribution in [2.75, 3.05) is 13.7 Å². The molecule has 0 saturated carbocycles. The Kier molecular flexibility index (Phi) is 17.7. The number of carbonyl (C=O) groups excluding carboxylic acids is 1.